The zero-order valence-electron chi connectivity index (χ0n) is 10.8. The molecule has 0 aromatic carbocycles. The summed E-state index contributed by atoms with van der Waals surface area (Å²) >= 11 is 0. The minimum atomic E-state index is 0.437. The summed E-state index contributed by atoms with van der Waals surface area (Å²) in [7, 11) is 0. The molecule has 1 fully saturated rings. The Morgan fingerprint density at radius 3 is 3.16 bits per heavy atom. The van der Waals surface area contributed by atoms with E-state index < -0.39 is 0 Å². The molecule has 3 rings (SSSR count). The third kappa shape index (κ3) is 2.85. The first-order valence-corrected chi connectivity index (χ1v) is 6.64. The summed E-state index contributed by atoms with van der Waals surface area (Å²) in [5, 5.41) is 8.07. The normalized spacial score (nSPS) is 20.8. The van der Waals surface area contributed by atoms with Crippen LogP contribution in [0, 0.1) is 5.92 Å². The third-order valence-electron chi connectivity index (χ3n) is 3.49. The summed E-state index contributed by atoms with van der Waals surface area (Å²) in [6.07, 6.45) is 3.99. The molecule has 1 saturated heterocycles. The van der Waals surface area contributed by atoms with Crippen LogP contribution < -0.4 is 5.73 Å². The number of rotatable bonds is 4. The molecule has 1 aliphatic heterocycles. The number of likely N-dealkylation sites (tertiary alicyclic amines) is 1. The van der Waals surface area contributed by atoms with E-state index in [1.165, 1.54) is 12.8 Å². The molecule has 1 unspecified atom stereocenters. The quantitative estimate of drug-likeness (QED) is 0.899. The van der Waals surface area contributed by atoms with Crippen LogP contribution in [-0.4, -0.2) is 34.7 Å². The fraction of sp³-hybridized carbons (Fsp3) is 0.538. The average molecular weight is 262 g/mol. The van der Waals surface area contributed by atoms with Crippen LogP contribution in [0.25, 0.3) is 11.7 Å². The van der Waals surface area contributed by atoms with Crippen molar-refractivity contribution in [3.63, 3.8) is 0 Å². The molecule has 3 heterocycles. The van der Waals surface area contributed by atoms with Crippen molar-refractivity contribution < 1.29 is 8.83 Å². The molecule has 6 heteroatoms. The van der Waals surface area contributed by atoms with Crippen LogP contribution >= 0.6 is 0 Å². The predicted octanol–water partition coefficient (Wildman–Crippen LogP) is 1.50. The first-order chi connectivity index (χ1) is 9.35. The van der Waals surface area contributed by atoms with E-state index in [1.807, 2.05) is 6.07 Å². The van der Waals surface area contributed by atoms with Crippen LogP contribution in [-0.2, 0) is 6.54 Å². The smallest absolute Gasteiger partial charge is 0.283 e. The van der Waals surface area contributed by atoms with Crippen molar-refractivity contribution in [2.75, 3.05) is 19.6 Å². The Bertz CT molecular complexity index is 508. The molecular formula is C13H18N4O2. The Balaban J connectivity index is 1.64. The molecule has 2 N–H and O–H groups in total. The minimum absolute atomic E-state index is 0.437. The van der Waals surface area contributed by atoms with Gasteiger partial charge in [0.25, 0.3) is 5.89 Å². The zero-order valence-corrected chi connectivity index (χ0v) is 10.8. The van der Waals surface area contributed by atoms with Crippen molar-refractivity contribution in [1.82, 2.24) is 15.1 Å². The lowest BCUT2D eigenvalue weighted by Gasteiger charge is -2.30. The van der Waals surface area contributed by atoms with Crippen LogP contribution in [0.2, 0.25) is 0 Å². The highest BCUT2D eigenvalue weighted by atomic mass is 16.4. The highest BCUT2D eigenvalue weighted by Gasteiger charge is 2.21. The second-order valence-corrected chi connectivity index (χ2v) is 4.96. The van der Waals surface area contributed by atoms with E-state index in [1.54, 1.807) is 12.3 Å². The molecule has 2 aromatic rings. The van der Waals surface area contributed by atoms with Crippen LogP contribution in [0.5, 0.6) is 0 Å². The van der Waals surface area contributed by atoms with Crippen molar-refractivity contribution in [2.45, 2.75) is 19.4 Å². The highest BCUT2D eigenvalue weighted by Crippen LogP contribution is 2.20. The summed E-state index contributed by atoms with van der Waals surface area (Å²) < 4.78 is 10.8. The fourth-order valence-corrected chi connectivity index (χ4v) is 2.50. The van der Waals surface area contributed by atoms with Gasteiger partial charge in [0.05, 0.1) is 12.8 Å². The SMILES string of the molecule is NCC1CCCN(Cc2nnc(-c3ccco3)o2)C1. The minimum Gasteiger partial charge on any atom is -0.459 e. The lowest BCUT2D eigenvalue weighted by atomic mass is 9.98. The van der Waals surface area contributed by atoms with Gasteiger partial charge in [-0.3, -0.25) is 4.90 Å². The van der Waals surface area contributed by atoms with Crippen LogP contribution in [0.1, 0.15) is 18.7 Å². The van der Waals surface area contributed by atoms with Gasteiger partial charge in [0.15, 0.2) is 5.76 Å². The summed E-state index contributed by atoms with van der Waals surface area (Å²) in [6.45, 7) is 3.51. The molecule has 2 aromatic heterocycles. The van der Waals surface area contributed by atoms with Crippen molar-refractivity contribution >= 4 is 0 Å². The molecule has 0 spiro atoms. The van der Waals surface area contributed by atoms with E-state index in [2.05, 4.69) is 15.1 Å². The number of hydrogen-bond donors (Lipinski definition) is 1. The number of nitrogens with zero attached hydrogens (tertiary/aromatic N) is 3. The van der Waals surface area contributed by atoms with Gasteiger partial charge in [-0.1, -0.05) is 0 Å². The second-order valence-electron chi connectivity index (χ2n) is 4.96. The zero-order chi connectivity index (χ0) is 13.1. The highest BCUT2D eigenvalue weighted by molar-refractivity contribution is 5.42. The van der Waals surface area contributed by atoms with E-state index in [9.17, 15) is 0 Å². The van der Waals surface area contributed by atoms with E-state index in [0.717, 1.165) is 19.6 Å². The maximum absolute atomic E-state index is 5.74. The molecule has 0 bridgehead atoms. The van der Waals surface area contributed by atoms with Gasteiger partial charge in [0, 0.05) is 6.54 Å². The second kappa shape index (κ2) is 5.54. The number of nitrogens with two attached hydrogens (primary N) is 1. The fourth-order valence-electron chi connectivity index (χ4n) is 2.50. The van der Waals surface area contributed by atoms with Gasteiger partial charge in [-0.25, -0.2) is 0 Å². The number of piperidine rings is 1. The van der Waals surface area contributed by atoms with Gasteiger partial charge in [-0.15, -0.1) is 10.2 Å². The topological polar surface area (TPSA) is 81.3 Å². The lowest BCUT2D eigenvalue weighted by Crippen LogP contribution is -2.37. The van der Waals surface area contributed by atoms with E-state index in [4.69, 9.17) is 14.6 Å². The summed E-state index contributed by atoms with van der Waals surface area (Å²) in [4.78, 5) is 2.32. The van der Waals surface area contributed by atoms with Crippen molar-refractivity contribution in [1.29, 1.82) is 0 Å². The van der Waals surface area contributed by atoms with Gasteiger partial charge >= 0.3 is 0 Å². The Morgan fingerprint density at radius 2 is 2.37 bits per heavy atom. The van der Waals surface area contributed by atoms with Crippen LogP contribution in [0.4, 0.5) is 0 Å². The molecule has 0 aliphatic carbocycles. The predicted molar refractivity (Wildman–Crippen MR) is 69.1 cm³/mol. The van der Waals surface area contributed by atoms with Gasteiger partial charge in [-0.05, 0) is 44.0 Å². The number of furan rings is 1. The summed E-state index contributed by atoms with van der Waals surface area (Å²) in [5.74, 6) is 2.26. The molecule has 0 amide bonds. The van der Waals surface area contributed by atoms with Gasteiger partial charge < -0.3 is 14.6 Å². The first kappa shape index (κ1) is 12.4. The lowest BCUT2D eigenvalue weighted by molar-refractivity contribution is 0.158. The largest absolute Gasteiger partial charge is 0.459 e. The first-order valence-electron chi connectivity index (χ1n) is 6.64. The average Bonchev–Trinajstić information content (AvgIpc) is 3.09. The van der Waals surface area contributed by atoms with Gasteiger partial charge in [-0.2, -0.15) is 0 Å². The maximum atomic E-state index is 5.74. The number of hydrogen-bond acceptors (Lipinski definition) is 6. The van der Waals surface area contributed by atoms with Crippen LogP contribution in [0.3, 0.4) is 0 Å². The van der Waals surface area contributed by atoms with E-state index >= 15 is 0 Å². The van der Waals surface area contributed by atoms with Gasteiger partial charge in [0.2, 0.25) is 5.89 Å². The Hall–Kier alpha value is -1.66. The van der Waals surface area contributed by atoms with E-state index in [0.29, 0.717) is 30.0 Å². The van der Waals surface area contributed by atoms with Gasteiger partial charge in [0.1, 0.15) is 0 Å². The Labute approximate surface area is 111 Å². The van der Waals surface area contributed by atoms with Crippen molar-refractivity contribution in [3.8, 4) is 11.7 Å². The number of aromatic nitrogens is 2. The standard InChI is InChI=1S/C13H18N4O2/c14-7-10-3-1-5-17(8-10)9-12-15-16-13(19-12)11-4-2-6-18-11/h2,4,6,10H,1,3,5,7-9,14H2. The molecule has 19 heavy (non-hydrogen) atoms. The van der Waals surface area contributed by atoms with E-state index in [-0.39, 0.29) is 0 Å². The van der Waals surface area contributed by atoms with Crippen molar-refractivity contribution in [2.24, 2.45) is 11.7 Å². The maximum Gasteiger partial charge on any atom is 0.283 e. The molecular weight excluding hydrogens is 244 g/mol. The Kier molecular flexibility index (Phi) is 3.61. The molecule has 6 nitrogen and oxygen atoms in total. The monoisotopic (exact) mass is 262 g/mol. The van der Waals surface area contributed by atoms with Crippen molar-refractivity contribution in [3.05, 3.63) is 24.3 Å². The summed E-state index contributed by atoms with van der Waals surface area (Å²) in [5.41, 5.74) is 5.74. The molecule has 0 radical (unpaired) electrons. The molecule has 1 atom stereocenters. The molecule has 102 valence electrons. The third-order valence-corrected chi connectivity index (χ3v) is 3.49. The summed E-state index contributed by atoms with van der Waals surface area (Å²) in [6, 6.07) is 3.61. The molecule has 1 aliphatic rings. The molecule has 0 saturated carbocycles. The van der Waals surface area contributed by atoms with Crippen LogP contribution in [0.15, 0.2) is 27.2 Å². The Morgan fingerprint density at radius 1 is 1.42 bits per heavy atom.